The smallest absolute Gasteiger partial charge is 0.381 e. The molecule has 0 fully saturated rings. The van der Waals surface area contributed by atoms with E-state index in [0.29, 0.717) is 11.3 Å². The molecular formula is C16H16F3N3O. The minimum atomic E-state index is -4.34. The first-order valence-electron chi connectivity index (χ1n) is 7.00. The third-order valence-corrected chi connectivity index (χ3v) is 3.24. The molecule has 2 aromatic rings. The van der Waals surface area contributed by atoms with E-state index in [4.69, 9.17) is 0 Å². The quantitative estimate of drug-likeness (QED) is 0.852. The SMILES string of the molecule is Cc1cc(C)c2ncc(C#N)c(NCCOCC(F)(F)F)c2c1. The van der Waals surface area contributed by atoms with Crippen LogP contribution in [0.3, 0.4) is 0 Å². The average Bonchev–Trinajstić information content (AvgIpc) is 2.45. The van der Waals surface area contributed by atoms with Crippen molar-refractivity contribution in [2.45, 2.75) is 20.0 Å². The Morgan fingerprint density at radius 3 is 2.70 bits per heavy atom. The molecule has 1 aromatic heterocycles. The van der Waals surface area contributed by atoms with E-state index in [1.54, 1.807) is 0 Å². The Balaban J connectivity index is 2.20. The maximum absolute atomic E-state index is 12.0. The lowest BCUT2D eigenvalue weighted by molar-refractivity contribution is -0.172. The van der Waals surface area contributed by atoms with Gasteiger partial charge in [0.05, 0.1) is 23.4 Å². The molecule has 7 heteroatoms. The molecule has 2 rings (SSSR count). The molecule has 1 heterocycles. The Bertz CT molecular complexity index is 751. The monoisotopic (exact) mass is 323 g/mol. The Hall–Kier alpha value is -2.33. The number of rotatable bonds is 5. The molecule has 0 aliphatic rings. The van der Waals surface area contributed by atoms with Crippen LogP contribution >= 0.6 is 0 Å². The molecule has 122 valence electrons. The number of aromatic nitrogens is 1. The van der Waals surface area contributed by atoms with Crippen LogP contribution in [-0.4, -0.2) is 30.9 Å². The second-order valence-electron chi connectivity index (χ2n) is 5.23. The van der Waals surface area contributed by atoms with Crippen LogP contribution in [0.1, 0.15) is 16.7 Å². The Morgan fingerprint density at radius 2 is 2.04 bits per heavy atom. The summed E-state index contributed by atoms with van der Waals surface area (Å²) in [6, 6.07) is 5.93. The standard InChI is InChI=1S/C16H16F3N3O/c1-10-5-11(2)14-13(6-10)15(12(7-20)8-22-14)21-3-4-23-9-16(17,18)19/h5-6,8H,3-4,9H2,1-2H3,(H,21,22). The van der Waals surface area contributed by atoms with Crippen molar-refractivity contribution in [1.29, 1.82) is 5.26 Å². The number of anilines is 1. The van der Waals surface area contributed by atoms with Gasteiger partial charge in [0, 0.05) is 18.1 Å². The maximum atomic E-state index is 12.0. The number of nitriles is 1. The van der Waals surface area contributed by atoms with E-state index in [1.807, 2.05) is 32.0 Å². The van der Waals surface area contributed by atoms with Gasteiger partial charge in [0.15, 0.2) is 0 Å². The van der Waals surface area contributed by atoms with Gasteiger partial charge >= 0.3 is 6.18 Å². The molecule has 0 saturated heterocycles. The van der Waals surface area contributed by atoms with E-state index in [1.165, 1.54) is 6.20 Å². The molecule has 1 aromatic carbocycles. The highest BCUT2D eigenvalue weighted by molar-refractivity contribution is 5.96. The first-order valence-corrected chi connectivity index (χ1v) is 7.00. The molecule has 0 spiro atoms. The first kappa shape index (κ1) is 17.0. The Kier molecular flexibility index (Phi) is 5.06. The number of benzene rings is 1. The number of hydrogen-bond acceptors (Lipinski definition) is 4. The molecule has 0 bridgehead atoms. The Morgan fingerprint density at radius 1 is 1.30 bits per heavy atom. The van der Waals surface area contributed by atoms with Crippen LogP contribution in [0.5, 0.6) is 0 Å². The van der Waals surface area contributed by atoms with Crippen molar-refractivity contribution in [3.8, 4) is 6.07 Å². The zero-order chi connectivity index (χ0) is 17.0. The van der Waals surface area contributed by atoms with Gasteiger partial charge in [0.25, 0.3) is 0 Å². The summed E-state index contributed by atoms with van der Waals surface area (Å²) in [4.78, 5) is 4.29. The summed E-state index contributed by atoms with van der Waals surface area (Å²) < 4.78 is 40.6. The zero-order valence-corrected chi connectivity index (χ0v) is 12.8. The number of hydrogen-bond donors (Lipinski definition) is 1. The number of nitrogens with zero attached hydrogens (tertiary/aromatic N) is 2. The number of ether oxygens (including phenoxy) is 1. The normalized spacial score (nSPS) is 11.5. The van der Waals surface area contributed by atoms with Gasteiger partial charge in [-0.05, 0) is 25.5 Å². The average molecular weight is 323 g/mol. The minimum absolute atomic E-state index is 0.112. The highest BCUT2D eigenvalue weighted by atomic mass is 19.4. The van der Waals surface area contributed by atoms with Crippen LogP contribution < -0.4 is 5.32 Å². The highest BCUT2D eigenvalue weighted by Gasteiger charge is 2.27. The number of pyridine rings is 1. The van der Waals surface area contributed by atoms with E-state index in [0.717, 1.165) is 22.0 Å². The van der Waals surface area contributed by atoms with Gasteiger partial charge in [0.2, 0.25) is 0 Å². The van der Waals surface area contributed by atoms with Crippen molar-refractivity contribution >= 4 is 16.6 Å². The van der Waals surface area contributed by atoms with Crippen LogP contribution in [0.2, 0.25) is 0 Å². The Labute approximate surface area is 131 Å². The molecule has 0 radical (unpaired) electrons. The predicted octanol–water partition coefficient (Wildman–Crippen LogP) is 3.71. The van der Waals surface area contributed by atoms with Gasteiger partial charge in [-0.25, -0.2) is 0 Å². The summed E-state index contributed by atoms with van der Waals surface area (Å²) in [6.45, 7) is 2.62. The third kappa shape index (κ3) is 4.33. The van der Waals surface area contributed by atoms with Crippen LogP contribution in [0.25, 0.3) is 10.9 Å². The number of aryl methyl sites for hydroxylation is 2. The predicted molar refractivity (Wildman–Crippen MR) is 81.3 cm³/mol. The summed E-state index contributed by atoms with van der Waals surface area (Å²) in [5.41, 5.74) is 3.66. The topological polar surface area (TPSA) is 57.9 Å². The fourth-order valence-electron chi connectivity index (χ4n) is 2.37. The van der Waals surface area contributed by atoms with Gasteiger partial charge in [-0.2, -0.15) is 18.4 Å². The fraction of sp³-hybridized carbons (Fsp3) is 0.375. The van der Waals surface area contributed by atoms with Crippen molar-refractivity contribution in [3.63, 3.8) is 0 Å². The van der Waals surface area contributed by atoms with Gasteiger partial charge in [-0.15, -0.1) is 0 Å². The fourth-order valence-corrected chi connectivity index (χ4v) is 2.37. The molecule has 23 heavy (non-hydrogen) atoms. The molecule has 4 nitrogen and oxygen atoms in total. The first-order chi connectivity index (χ1) is 10.8. The second kappa shape index (κ2) is 6.84. The summed E-state index contributed by atoms with van der Waals surface area (Å²) in [6.07, 6.45) is -2.88. The maximum Gasteiger partial charge on any atom is 0.411 e. The van der Waals surface area contributed by atoms with Crippen LogP contribution in [-0.2, 0) is 4.74 Å². The number of halogens is 3. The summed E-state index contributed by atoms with van der Waals surface area (Å²) in [5, 5.41) is 13.0. The van der Waals surface area contributed by atoms with Crippen LogP contribution in [0.15, 0.2) is 18.3 Å². The minimum Gasteiger partial charge on any atom is -0.381 e. The molecule has 1 N–H and O–H groups in total. The number of nitrogens with one attached hydrogen (secondary N) is 1. The van der Waals surface area contributed by atoms with Gasteiger partial charge < -0.3 is 10.1 Å². The molecule has 0 saturated carbocycles. The molecule has 0 unspecified atom stereocenters. The lowest BCUT2D eigenvalue weighted by Gasteiger charge is -2.14. The van der Waals surface area contributed by atoms with E-state index < -0.39 is 12.8 Å². The van der Waals surface area contributed by atoms with Gasteiger partial charge in [0.1, 0.15) is 12.7 Å². The molecule has 0 atom stereocenters. The molecular weight excluding hydrogens is 307 g/mol. The van der Waals surface area contributed by atoms with E-state index in [-0.39, 0.29) is 13.2 Å². The highest BCUT2D eigenvalue weighted by Crippen LogP contribution is 2.28. The lowest BCUT2D eigenvalue weighted by atomic mass is 10.0. The summed E-state index contributed by atoms with van der Waals surface area (Å²) in [7, 11) is 0. The molecule has 0 aliphatic carbocycles. The molecule has 0 amide bonds. The summed E-state index contributed by atoms with van der Waals surface area (Å²) >= 11 is 0. The van der Waals surface area contributed by atoms with E-state index in [9.17, 15) is 18.4 Å². The van der Waals surface area contributed by atoms with Gasteiger partial charge in [-0.3, -0.25) is 4.98 Å². The van der Waals surface area contributed by atoms with Gasteiger partial charge in [-0.1, -0.05) is 11.6 Å². The van der Waals surface area contributed by atoms with Crippen LogP contribution in [0, 0.1) is 25.2 Å². The number of fused-ring (bicyclic) bond motifs is 1. The van der Waals surface area contributed by atoms with Crippen molar-refractivity contribution in [2.24, 2.45) is 0 Å². The van der Waals surface area contributed by atoms with E-state index >= 15 is 0 Å². The van der Waals surface area contributed by atoms with Crippen molar-refractivity contribution in [3.05, 3.63) is 35.0 Å². The third-order valence-electron chi connectivity index (χ3n) is 3.24. The molecule has 0 aliphatic heterocycles. The summed E-state index contributed by atoms with van der Waals surface area (Å²) in [5.74, 6) is 0. The van der Waals surface area contributed by atoms with Crippen molar-refractivity contribution in [2.75, 3.05) is 25.1 Å². The second-order valence-corrected chi connectivity index (χ2v) is 5.23. The lowest BCUT2D eigenvalue weighted by Crippen LogP contribution is -2.20. The van der Waals surface area contributed by atoms with Crippen LogP contribution in [0.4, 0.5) is 18.9 Å². The van der Waals surface area contributed by atoms with Crippen molar-refractivity contribution < 1.29 is 17.9 Å². The van der Waals surface area contributed by atoms with E-state index in [2.05, 4.69) is 15.0 Å². The zero-order valence-electron chi connectivity index (χ0n) is 12.8. The van der Waals surface area contributed by atoms with Crippen molar-refractivity contribution in [1.82, 2.24) is 4.98 Å². The largest absolute Gasteiger partial charge is 0.411 e. The number of alkyl halides is 3.